The van der Waals surface area contributed by atoms with Crippen molar-refractivity contribution in [2.45, 2.75) is 90.2 Å². The lowest BCUT2D eigenvalue weighted by atomic mass is 9.69. The molecule has 2 atom stereocenters. The van der Waals surface area contributed by atoms with E-state index < -0.39 is 17.7 Å². The Morgan fingerprint density at radius 2 is 1.50 bits per heavy atom. The lowest BCUT2D eigenvalue weighted by molar-refractivity contribution is -0.150. The normalized spacial score (nSPS) is 20.3. The average Bonchev–Trinajstić information content (AvgIpc) is 3.39. The van der Waals surface area contributed by atoms with Crippen molar-refractivity contribution in [1.29, 1.82) is 0 Å². The van der Waals surface area contributed by atoms with Crippen LogP contribution in [0.2, 0.25) is 0 Å². The third kappa shape index (κ3) is 7.79. The Balaban J connectivity index is 1.14. The summed E-state index contributed by atoms with van der Waals surface area (Å²) in [6, 6.07) is 15.6. The van der Waals surface area contributed by atoms with Crippen LogP contribution in [0.5, 0.6) is 0 Å². The van der Waals surface area contributed by atoms with E-state index >= 15 is 0 Å². The Morgan fingerprint density at radius 3 is 2.14 bits per heavy atom. The maximum atomic E-state index is 13.8. The van der Waals surface area contributed by atoms with Crippen LogP contribution in [0.3, 0.4) is 0 Å². The second kappa shape index (κ2) is 13.4. The zero-order valence-corrected chi connectivity index (χ0v) is 26.2. The van der Waals surface area contributed by atoms with Crippen LogP contribution in [0.1, 0.15) is 88.9 Å². The maximum Gasteiger partial charge on any atom is 0.408 e. The van der Waals surface area contributed by atoms with E-state index in [0.29, 0.717) is 36.4 Å². The van der Waals surface area contributed by atoms with E-state index in [0.717, 1.165) is 51.4 Å². The molecule has 1 unspecified atom stereocenters. The van der Waals surface area contributed by atoms with Crippen LogP contribution in [0.25, 0.3) is 0 Å². The van der Waals surface area contributed by atoms with Crippen LogP contribution in [-0.4, -0.2) is 53.4 Å². The number of carbonyl (C=O) groups is 4. The first kappa shape index (κ1) is 31.5. The Bertz CT molecular complexity index is 1330. The number of likely N-dealkylation sites (tertiary alicyclic amines) is 1. The highest BCUT2D eigenvalue weighted by Gasteiger charge is 2.54. The van der Waals surface area contributed by atoms with E-state index in [4.69, 9.17) is 4.74 Å². The number of nitrogens with zero attached hydrogens (tertiary/aromatic N) is 1. The molecule has 0 radical (unpaired) electrons. The molecule has 9 nitrogen and oxygen atoms in total. The van der Waals surface area contributed by atoms with Gasteiger partial charge in [0.15, 0.2) is 0 Å². The van der Waals surface area contributed by atoms with Gasteiger partial charge < -0.3 is 25.6 Å². The van der Waals surface area contributed by atoms with E-state index in [1.807, 2.05) is 43.9 Å². The zero-order valence-electron chi connectivity index (χ0n) is 26.2. The van der Waals surface area contributed by atoms with Gasteiger partial charge in [0.05, 0.1) is 0 Å². The number of alkyl carbamates (subject to hydrolysis) is 1. The topological polar surface area (TPSA) is 117 Å². The number of rotatable bonds is 8. The van der Waals surface area contributed by atoms with Crippen molar-refractivity contribution in [2.24, 2.45) is 17.3 Å². The fraction of sp³-hybridized carbons (Fsp3) is 0.543. The summed E-state index contributed by atoms with van der Waals surface area (Å²) in [7, 11) is 0. The molecule has 1 heterocycles. The maximum absolute atomic E-state index is 13.8. The number of nitrogens with one attached hydrogen (secondary N) is 3. The molecule has 0 aromatic heterocycles. The summed E-state index contributed by atoms with van der Waals surface area (Å²) in [6.45, 7) is 6.71. The van der Waals surface area contributed by atoms with Crippen LogP contribution < -0.4 is 16.0 Å². The third-order valence-electron chi connectivity index (χ3n) is 9.37. The number of amides is 4. The lowest BCUT2D eigenvalue weighted by Gasteiger charge is -2.53. The Hall–Kier alpha value is -3.88. The molecule has 4 amide bonds. The lowest BCUT2D eigenvalue weighted by Crippen LogP contribution is -2.65. The number of anilines is 2. The summed E-state index contributed by atoms with van der Waals surface area (Å²) in [5.74, 6) is 0.0517. The predicted molar refractivity (Wildman–Crippen MR) is 170 cm³/mol. The van der Waals surface area contributed by atoms with E-state index in [1.54, 1.807) is 36.4 Å². The van der Waals surface area contributed by atoms with Gasteiger partial charge in [0.1, 0.15) is 11.6 Å². The van der Waals surface area contributed by atoms with Gasteiger partial charge in [0.2, 0.25) is 11.8 Å². The Morgan fingerprint density at radius 1 is 0.864 bits per heavy atom. The molecule has 2 aromatic carbocycles. The number of benzene rings is 2. The molecular weight excluding hydrogens is 556 g/mol. The van der Waals surface area contributed by atoms with Gasteiger partial charge in [0, 0.05) is 41.9 Å². The van der Waals surface area contributed by atoms with Crippen molar-refractivity contribution in [3.8, 4) is 0 Å². The quantitative estimate of drug-likeness (QED) is 0.325. The fourth-order valence-electron chi connectivity index (χ4n) is 7.16. The third-order valence-corrected chi connectivity index (χ3v) is 9.37. The first-order valence-electron chi connectivity index (χ1n) is 16.1. The standard InChI is InChI=1S/C35H46N4O5/c1-34(2,3)44-33(43)38-30(24-11-6-4-7-12-24)32(42)39-22-35(23-39)20-10-15-26(35)21-29(40)36-27-16-18-28(19-17-27)37-31(41)25-13-8-5-9-14-25/h5,8-9,13-14,16-19,24,26,30H,4,6-7,10-12,15,20-23H2,1-3H3,(H,36,40)(H,37,41)(H,38,43)/t26?,30-/m0/s1. The first-order chi connectivity index (χ1) is 21.0. The van der Waals surface area contributed by atoms with Gasteiger partial charge in [-0.25, -0.2) is 4.79 Å². The zero-order chi connectivity index (χ0) is 31.3. The summed E-state index contributed by atoms with van der Waals surface area (Å²) in [6.07, 6.45) is 8.00. The molecule has 1 aliphatic heterocycles. The summed E-state index contributed by atoms with van der Waals surface area (Å²) >= 11 is 0. The van der Waals surface area contributed by atoms with Crippen molar-refractivity contribution in [1.82, 2.24) is 10.2 Å². The molecule has 3 fully saturated rings. The Kier molecular flexibility index (Phi) is 9.61. The SMILES string of the molecule is CC(C)(C)OC(=O)N[C@H](C(=O)N1CC2(CCCC2CC(=O)Nc2ccc(NC(=O)c3ccccc3)cc2)C1)C1CCCCC1. The minimum Gasteiger partial charge on any atom is -0.444 e. The minimum atomic E-state index is -0.636. The van der Waals surface area contributed by atoms with E-state index in [9.17, 15) is 19.2 Å². The Labute approximate surface area is 260 Å². The van der Waals surface area contributed by atoms with Crippen LogP contribution in [0.15, 0.2) is 54.6 Å². The molecule has 2 aromatic rings. The van der Waals surface area contributed by atoms with Crippen molar-refractivity contribution >= 4 is 35.2 Å². The molecule has 3 aliphatic rings. The smallest absolute Gasteiger partial charge is 0.408 e. The number of carbonyl (C=O) groups excluding carboxylic acids is 4. The monoisotopic (exact) mass is 602 g/mol. The molecule has 0 bridgehead atoms. The highest BCUT2D eigenvalue weighted by Crippen LogP contribution is 2.51. The summed E-state index contributed by atoms with van der Waals surface area (Å²) in [5, 5.41) is 8.81. The van der Waals surface area contributed by atoms with Gasteiger partial charge in [-0.1, -0.05) is 43.9 Å². The van der Waals surface area contributed by atoms with Gasteiger partial charge in [-0.05, 0) is 94.7 Å². The summed E-state index contributed by atoms with van der Waals surface area (Å²) in [5.41, 5.74) is 1.22. The fourth-order valence-corrected chi connectivity index (χ4v) is 7.16. The van der Waals surface area contributed by atoms with Crippen molar-refractivity contribution < 1.29 is 23.9 Å². The van der Waals surface area contributed by atoms with E-state index in [1.165, 1.54) is 0 Å². The van der Waals surface area contributed by atoms with Gasteiger partial charge in [-0.15, -0.1) is 0 Å². The molecule has 44 heavy (non-hydrogen) atoms. The molecular formula is C35H46N4O5. The molecule has 236 valence electrons. The number of hydrogen-bond acceptors (Lipinski definition) is 5. The van der Waals surface area contributed by atoms with Gasteiger partial charge in [-0.2, -0.15) is 0 Å². The summed E-state index contributed by atoms with van der Waals surface area (Å²) in [4.78, 5) is 53.8. The van der Waals surface area contributed by atoms with Crippen LogP contribution >= 0.6 is 0 Å². The number of hydrogen-bond donors (Lipinski definition) is 3. The molecule has 2 aliphatic carbocycles. The predicted octanol–water partition coefficient (Wildman–Crippen LogP) is 6.37. The van der Waals surface area contributed by atoms with Crippen molar-refractivity contribution in [3.05, 3.63) is 60.2 Å². The van der Waals surface area contributed by atoms with Gasteiger partial charge >= 0.3 is 6.09 Å². The largest absolute Gasteiger partial charge is 0.444 e. The van der Waals surface area contributed by atoms with Crippen LogP contribution in [0, 0.1) is 17.3 Å². The molecule has 2 saturated carbocycles. The molecule has 3 N–H and O–H groups in total. The minimum absolute atomic E-state index is 0.0251. The second-order valence-electron chi connectivity index (χ2n) is 13.8. The first-order valence-corrected chi connectivity index (χ1v) is 16.1. The van der Waals surface area contributed by atoms with Crippen molar-refractivity contribution in [2.75, 3.05) is 23.7 Å². The van der Waals surface area contributed by atoms with E-state index in [2.05, 4.69) is 16.0 Å². The molecule has 1 spiro atoms. The van der Waals surface area contributed by atoms with Crippen LogP contribution in [-0.2, 0) is 14.3 Å². The number of ether oxygens (including phenoxy) is 1. The van der Waals surface area contributed by atoms with E-state index in [-0.39, 0.29) is 35.0 Å². The molecule has 9 heteroatoms. The average molecular weight is 603 g/mol. The molecule has 5 rings (SSSR count). The highest BCUT2D eigenvalue weighted by molar-refractivity contribution is 6.04. The highest BCUT2D eigenvalue weighted by atomic mass is 16.6. The second-order valence-corrected chi connectivity index (χ2v) is 13.8. The van der Waals surface area contributed by atoms with Gasteiger partial charge in [-0.3, -0.25) is 14.4 Å². The molecule has 1 saturated heterocycles. The van der Waals surface area contributed by atoms with Gasteiger partial charge in [0.25, 0.3) is 5.91 Å². The summed E-state index contributed by atoms with van der Waals surface area (Å²) < 4.78 is 5.50. The van der Waals surface area contributed by atoms with Crippen molar-refractivity contribution in [3.63, 3.8) is 0 Å². The van der Waals surface area contributed by atoms with Crippen LogP contribution in [0.4, 0.5) is 16.2 Å².